The fraction of sp³-hybridized carbons (Fsp3) is 0. The molecule has 0 aliphatic carbocycles. The molecule has 2 heterocycles. The summed E-state index contributed by atoms with van der Waals surface area (Å²) in [6, 6.07) is 65.5. The van der Waals surface area contributed by atoms with E-state index < -0.39 is 0 Å². The van der Waals surface area contributed by atoms with Gasteiger partial charge in [-0.15, -0.1) is 0 Å². The van der Waals surface area contributed by atoms with Crippen LogP contribution in [0, 0.1) is 0 Å². The highest BCUT2D eigenvalue weighted by Crippen LogP contribution is 2.51. The highest BCUT2D eigenvalue weighted by Gasteiger charge is 2.24. The van der Waals surface area contributed by atoms with Gasteiger partial charge in [-0.1, -0.05) is 152 Å². The van der Waals surface area contributed by atoms with Gasteiger partial charge in [0.1, 0.15) is 23.0 Å². The largest absolute Gasteiger partial charge is 0.456 e. The van der Waals surface area contributed by atoms with Gasteiger partial charge in [-0.25, -0.2) is 0 Å². The number of ether oxygens (including phenoxy) is 2. The second kappa shape index (κ2) is 11.2. The molecule has 0 N–H and O–H groups in total. The summed E-state index contributed by atoms with van der Waals surface area (Å²) >= 11 is 0. The Balaban J connectivity index is 1.01. The topological polar surface area (TPSA) is 18.5 Å². The first-order chi connectivity index (χ1) is 26.8. The minimum Gasteiger partial charge on any atom is -0.456 e. The molecule has 10 aromatic rings. The second-order valence-corrected chi connectivity index (χ2v) is 14.3. The normalized spacial score (nSPS) is 12.4. The Morgan fingerprint density at radius 3 is 1.50 bits per heavy atom. The molecule has 0 amide bonds. The van der Waals surface area contributed by atoms with Gasteiger partial charge in [0, 0.05) is 21.9 Å². The maximum absolute atomic E-state index is 6.63. The van der Waals surface area contributed by atoms with Crippen LogP contribution in [0.4, 0.5) is 0 Å². The standard InChI is InChI=1S/C52H30O2/c1-3-15-43-41(13-1)49(33-24-22-31(23-25-33)35-28-29-47-52-38(35)18-9-19-40(52)36-12-5-6-20-45(36)53-47)42-14-2-4-16-44(42)50(43)34-26-27-37-39-17-7-10-32-11-8-21-46(51(32)39)54-48(37)30-34/h1-30H. The molecule has 12 rings (SSSR count). The first kappa shape index (κ1) is 29.4. The Bertz CT molecular complexity index is 3150. The van der Waals surface area contributed by atoms with E-state index in [4.69, 9.17) is 9.47 Å². The monoisotopic (exact) mass is 686 g/mol. The number of hydrogen-bond acceptors (Lipinski definition) is 2. The second-order valence-electron chi connectivity index (χ2n) is 14.3. The Hall–Kier alpha value is -7.16. The fourth-order valence-corrected chi connectivity index (χ4v) is 9.12. The minimum absolute atomic E-state index is 0.890. The molecule has 0 saturated heterocycles. The van der Waals surface area contributed by atoms with Crippen molar-refractivity contribution in [3.63, 3.8) is 0 Å². The van der Waals surface area contributed by atoms with Gasteiger partial charge in [-0.2, -0.15) is 0 Å². The van der Waals surface area contributed by atoms with Crippen LogP contribution in [0.3, 0.4) is 0 Å². The van der Waals surface area contributed by atoms with Crippen LogP contribution >= 0.6 is 0 Å². The fourth-order valence-electron chi connectivity index (χ4n) is 9.12. The van der Waals surface area contributed by atoms with Crippen LogP contribution in [0.15, 0.2) is 182 Å². The molecular weight excluding hydrogens is 657 g/mol. The van der Waals surface area contributed by atoms with E-state index in [9.17, 15) is 0 Å². The minimum atomic E-state index is 0.890. The zero-order valence-electron chi connectivity index (χ0n) is 29.1. The smallest absolute Gasteiger partial charge is 0.135 e. The van der Waals surface area contributed by atoms with Gasteiger partial charge in [0.25, 0.3) is 0 Å². The van der Waals surface area contributed by atoms with Crippen molar-refractivity contribution in [1.82, 2.24) is 0 Å². The van der Waals surface area contributed by atoms with E-state index in [0.717, 1.165) is 39.7 Å². The van der Waals surface area contributed by atoms with E-state index >= 15 is 0 Å². The third-order valence-corrected chi connectivity index (χ3v) is 11.5. The molecule has 0 bridgehead atoms. The summed E-state index contributed by atoms with van der Waals surface area (Å²) in [5, 5.41) is 9.63. The summed E-state index contributed by atoms with van der Waals surface area (Å²) < 4.78 is 13.0. The predicted octanol–water partition coefficient (Wildman–Crippen LogP) is 14.8. The van der Waals surface area contributed by atoms with Gasteiger partial charge in [-0.3, -0.25) is 0 Å². The zero-order chi connectivity index (χ0) is 35.3. The lowest BCUT2D eigenvalue weighted by molar-refractivity contribution is 0.487. The van der Waals surface area contributed by atoms with E-state index in [0.29, 0.717) is 0 Å². The van der Waals surface area contributed by atoms with Gasteiger partial charge in [-0.05, 0) is 107 Å². The van der Waals surface area contributed by atoms with Gasteiger partial charge in [0.05, 0.1) is 0 Å². The van der Waals surface area contributed by atoms with Crippen LogP contribution in [-0.4, -0.2) is 0 Å². The predicted molar refractivity (Wildman–Crippen MR) is 224 cm³/mol. The van der Waals surface area contributed by atoms with Gasteiger partial charge in [0.15, 0.2) is 0 Å². The quantitative estimate of drug-likeness (QED) is 0.172. The molecule has 54 heavy (non-hydrogen) atoms. The average molecular weight is 687 g/mol. The molecular formula is C52H30O2. The van der Waals surface area contributed by atoms with Crippen molar-refractivity contribution in [3.05, 3.63) is 182 Å². The van der Waals surface area contributed by atoms with E-state index in [1.807, 2.05) is 12.1 Å². The van der Waals surface area contributed by atoms with Crippen LogP contribution in [0.25, 0.3) is 98.7 Å². The third-order valence-electron chi connectivity index (χ3n) is 11.5. The Labute approximate surface area is 312 Å². The van der Waals surface area contributed by atoms with E-state index in [1.54, 1.807) is 0 Å². The molecule has 250 valence electrons. The molecule has 0 fully saturated rings. The van der Waals surface area contributed by atoms with Crippen molar-refractivity contribution in [1.29, 1.82) is 0 Å². The number of hydrogen-bond donors (Lipinski definition) is 0. The zero-order valence-corrected chi connectivity index (χ0v) is 29.1. The molecule has 0 unspecified atom stereocenters. The van der Waals surface area contributed by atoms with Crippen LogP contribution in [0.2, 0.25) is 0 Å². The summed E-state index contributed by atoms with van der Waals surface area (Å²) in [5.74, 6) is 3.61. The van der Waals surface area contributed by atoms with Crippen LogP contribution < -0.4 is 9.47 Å². The maximum atomic E-state index is 6.63. The van der Waals surface area contributed by atoms with Crippen LogP contribution in [0.5, 0.6) is 23.0 Å². The molecule has 0 radical (unpaired) electrons. The van der Waals surface area contributed by atoms with Crippen molar-refractivity contribution >= 4 is 43.1 Å². The first-order valence-corrected chi connectivity index (χ1v) is 18.5. The van der Waals surface area contributed by atoms with Crippen molar-refractivity contribution in [2.45, 2.75) is 0 Å². The molecule has 10 aromatic carbocycles. The average Bonchev–Trinajstić information content (AvgIpc) is 3.23. The van der Waals surface area contributed by atoms with Crippen LogP contribution in [0.1, 0.15) is 0 Å². The Morgan fingerprint density at radius 2 is 0.741 bits per heavy atom. The Kier molecular flexibility index (Phi) is 6.09. The molecule has 0 aromatic heterocycles. The molecule has 2 aliphatic heterocycles. The van der Waals surface area contributed by atoms with Crippen molar-refractivity contribution in [3.8, 4) is 78.6 Å². The summed E-state index contributed by atoms with van der Waals surface area (Å²) in [4.78, 5) is 0. The number of fused-ring (bicyclic) bond motifs is 6. The molecule has 2 nitrogen and oxygen atoms in total. The van der Waals surface area contributed by atoms with Crippen LogP contribution in [-0.2, 0) is 0 Å². The third kappa shape index (κ3) is 4.17. The van der Waals surface area contributed by atoms with E-state index in [-0.39, 0.29) is 0 Å². The molecule has 0 saturated carbocycles. The first-order valence-electron chi connectivity index (χ1n) is 18.5. The highest BCUT2D eigenvalue weighted by atomic mass is 16.5. The highest BCUT2D eigenvalue weighted by molar-refractivity contribution is 6.22. The molecule has 0 spiro atoms. The van der Waals surface area contributed by atoms with E-state index in [1.165, 1.54) is 82.0 Å². The lowest BCUT2D eigenvalue weighted by atomic mass is 9.84. The summed E-state index contributed by atoms with van der Waals surface area (Å²) in [6.45, 7) is 0. The number of rotatable bonds is 3. The SMILES string of the molecule is c1ccc2c(c1)Oc1ccc(-c3ccc(-c4c5ccccc5c(-c5ccc6c(c5)Oc5cccc7cccc-6c57)c5ccccc45)cc3)c3cccc-2c13. The molecule has 0 atom stereocenters. The van der Waals surface area contributed by atoms with Crippen molar-refractivity contribution in [2.75, 3.05) is 0 Å². The van der Waals surface area contributed by atoms with Crippen molar-refractivity contribution in [2.24, 2.45) is 0 Å². The Morgan fingerprint density at radius 1 is 0.259 bits per heavy atom. The summed E-state index contributed by atoms with van der Waals surface area (Å²) in [5.41, 5.74) is 11.9. The van der Waals surface area contributed by atoms with Gasteiger partial charge < -0.3 is 9.47 Å². The van der Waals surface area contributed by atoms with E-state index in [2.05, 4.69) is 170 Å². The lowest BCUT2D eigenvalue weighted by Crippen LogP contribution is -1.98. The number of benzene rings is 10. The summed E-state index contributed by atoms with van der Waals surface area (Å²) in [6.07, 6.45) is 0. The maximum Gasteiger partial charge on any atom is 0.135 e. The molecule has 2 aliphatic rings. The lowest BCUT2D eigenvalue weighted by Gasteiger charge is -2.23. The summed E-state index contributed by atoms with van der Waals surface area (Å²) in [7, 11) is 0. The van der Waals surface area contributed by atoms with Crippen molar-refractivity contribution < 1.29 is 9.47 Å². The van der Waals surface area contributed by atoms with Gasteiger partial charge >= 0.3 is 0 Å². The number of para-hydroxylation sites is 1. The van der Waals surface area contributed by atoms with Gasteiger partial charge in [0.2, 0.25) is 0 Å². The molecule has 2 heteroatoms.